The number of nitrogens with zero attached hydrogens (tertiary/aromatic N) is 3. The summed E-state index contributed by atoms with van der Waals surface area (Å²) < 4.78 is 40.9. The fraction of sp³-hybridized carbons (Fsp3) is 0.533. The molecule has 0 radical (unpaired) electrons. The molecule has 1 saturated carbocycles. The topological polar surface area (TPSA) is 65.8 Å². The zero-order valence-corrected chi connectivity index (χ0v) is 12.3. The van der Waals surface area contributed by atoms with Crippen LogP contribution in [0.1, 0.15) is 42.5 Å². The smallest absolute Gasteiger partial charge is 0.362 e. The molecule has 1 aromatic rings. The standard InChI is InChI=1S/C15H16F3N3O2/c16-15(17,18)14(23)11-6-2-1-3-7-12(11)20-21(14)13(22)10-5-4-8-19-9-10/h4-5,8-9,11,23H,1-3,6-7H2/t11-,14-/m0/s1. The van der Waals surface area contributed by atoms with E-state index in [4.69, 9.17) is 0 Å². The molecule has 1 N–H and O–H groups in total. The van der Waals surface area contributed by atoms with E-state index >= 15 is 0 Å². The van der Waals surface area contributed by atoms with Gasteiger partial charge in [0, 0.05) is 18.1 Å². The molecule has 2 aliphatic rings. The Hall–Kier alpha value is -1.96. The van der Waals surface area contributed by atoms with Crippen molar-refractivity contribution in [3.8, 4) is 0 Å². The molecule has 23 heavy (non-hydrogen) atoms. The van der Waals surface area contributed by atoms with Crippen LogP contribution in [0.2, 0.25) is 0 Å². The second kappa shape index (κ2) is 5.59. The molecular weight excluding hydrogens is 311 g/mol. The quantitative estimate of drug-likeness (QED) is 0.862. The number of rotatable bonds is 1. The first-order chi connectivity index (χ1) is 10.9. The van der Waals surface area contributed by atoms with Crippen LogP contribution in [0.3, 0.4) is 0 Å². The molecule has 1 amide bonds. The number of aromatic nitrogens is 1. The number of pyridine rings is 1. The van der Waals surface area contributed by atoms with Gasteiger partial charge in [0.1, 0.15) is 0 Å². The van der Waals surface area contributed by atoms with E-state index in [0.29, 0.717) is 19.3 Å². The lowest BCUT2D eigenvalue weighted by Crippen LogP contribution is -2.61. The average Bonchev–Trinajstić information content (AvgIpc) is 2.68. The summed E-state index contributed by atoms with van der Waals surface area (Å²) in [5.41, 5.74) is -3.09. The first-order valence-electron chi connectivity index (χ1n) is 7.47. The molecule has 0 unspecified atom stereocenters. The van der Waals surface area contributed by atoms with Crippen molar-refractivity contribution in [2.75, 3.05) is 0 Å². The third kappa shape index (κ3) is 2.50. The van der Waals surface area contributed by atoms with Gasteiger partial charge in [0.15, 0.2) is 0 Å². The van der Waals surface area contributed by atoms with Gasteiger partial charge in [0.25, 0.3) is 11.6 Å². The lowest BCUT2D eigenvalue weighted by molar-refractivity contribution is -0.312. The summed E-state index contributed by atoms with van der Waals surface area (Å²) in [6, 6.07) is 2.79. The molecule has 3 rings (SSSR count). The number of alkyl halides is 3. The highest BCUT2D eigenvalue weighted by atomic mass is 19.4. The Bertz CT molecular complexity index is 633. The molecule has 1 aliphatic carbocycles. The minimum absolute atomic E-state index is 0.0454. The number of hydrogen-bond donors (Lipinski definition) is 1. The van der Waals surface area contributed by atoms with Crippen molar-refractivity contribution in [3.63, 3.8) is 0 Å². The first-order valence-corrected chi connectivity index (χ1v) is 7.47. The van der Waals surface area contributed by atoms with Gasteiger partial charge in [-0.1, -0.05) is 12.8 Å². The number of amides is 1. The maximum atomic E-state index is 13.6. The summed E-state index contributed by atoms with van der Waals surface area (Å²) in [5.74, 6) is -2.20. The van der Waals surface area contributed by atoms with E-state index in [9.17, 15) is 23.1 Å². The SMILES string of the molecule is O=C(c1cccnc1)N1N=C2CCCCC[C@@H]2[C@]1(O)C(F)(F)F. The van der Waals surface area contributed by atoms with E-state index < -0.39 is 23.7 Å². The largest absolute Gasteiger partial charge is 0.439 e. The second-order valence-electron chi connectivity index (χ2n) is 5.83. The number of aliphatic hydroxyl groups is 1. The van der Waals surface area contributed by atoms with Crippen LogP contribution in [0.25, 0.3) is 0 Å². The Morgan fingerprint density at radius 1 is 1.35 bits per heavy atom. The number of carbonyl (C=O) groups excluding carboxylic acids is 1. The Morgan fingerprint density at radius 3 is 2.78 bits per heavy atom. The minimum Gasteiger partial charge on any atom is -0.362 e. The Kier molecular flexibility index (Phi) is 3.87. The summed E-state index contributed by atoms with van der Waals surface area (Å²) in [5, 5.41) is 14.6. The summed E-state index contributed by atoms with van der Waals surface area (Å²) in [4.78, 5) is 16.2. The molecular formula is C15H16F3N3O2. The van der Waals surface area contributed by atoms with Crippen LogP contribution < -0.4 is 0 Å². The van der Waals surface area contributed by atoms with E-state index in [1.54, 1.807) is 0 Å². The number of fused-ring (bicyclic) bond motifs is 1. The van der Waals surface area contributed by atoms with Crippen LogP contribution in [-0.2, 0) is 0 Å². The molecule has 2 atom stereocenters. The van der Waals surface area contributed by atoms with E-state index in [0.717, 1.165) is 12.6 Å². The van der Waals surface area contributed by atoms with Gasteiger partial charge in [-0.25, -0.2) is 0 Å². The Morgan fingerprint density at radius 2 is 2.13 bits per heavy atom. The normalized spacial score (nSPS) is 28.1. The highest BCUT2D eigenvalue weighted by Crippen LogP contribution is 2.47. The fourth-order valence-corrected chi connectivity index (χ4v) is 3.21. The lowest BCUT2D eigenvalue weighted by atomic mass is 9.87. The highest BCUT2D eigenvalue weighted by molar-refractivity contribution is 5.99. The monoisotopic (exact) mass is 327 g/mol. The molecule has 124 valence electrons. The Labute approximate surface area is 130 Å². The number of halogens is 3. The summed E-state index contributed by atoms with van der Waals surface area (Å²) in [6.45, 7) is 0. The zero-order chi connectivity index (χ0) is 16.7. The molecule has 0 bridgehead atoms. The lowest BCUT2D eigenvalue weighted by Gasteiger charge is -2.37. The van der Waals surface area contributed by atoms with Crippen molar-refractivity contribution < 1.29 is 23.1 Å². The maximum Gasteiger partial charge on any atom is 0.439 e. The third-order valence-corrected chi connectivity index (χ3v) is 4.38. The summed E-state index contributed by atoms with van der Waals surface area (Å²) in [6.07, 6.45) is 0.159. The van der Waals surface area contributed by atoms with Crippen molar-refractivity contribution >= 4 is 11.6 Å². The second-order valence-corrected chi connectivity index (χ2v) is 5.83. The average molecular weight is 327 g/mol. The highest BCUT2D eigenvalue weighted by Gasteiger charge is 2.68. The van der Waals surface area contributed by atoms with Gasteiger partial charge < -0.3 is 5.11 Å². The molecule has 2 heterocycles. The van der Waals surface area contributed by atoms with Crippen LogP contribution in [0.4, 0.5) is 13.2 Å². The zero-order valence-electron chi connectivity index (χ0n) is 12.3. The van der Waals surface area contributed by atoms with Gasteiger partial charge in [0.2, 0.25) is 0 Å². The van der Waals surface area contributed by atoms with Gasteiger partial charge in [-0.2, -0.15) is 23.3 Å². The van der Waals surface area contributed by atoms with Crippen molar-refractivity contribution in [2.24, 2.45) is 11.0 Å². The molecule has 0 aromatic carbocycles. The Balaban J connectivity index is 2.04. The predicted molar refractivity (Wildman–Crippen MR) is 75.4 cm³/mol. The van der Waals surface area contributed by atoms with Crippen molar-refractivity contribution in [2.45, 2.75) is 44.0 Å². The number of carbonyl (C=O) groups is 1. The first kappa shape index (κ1) is 15.9. The van der Waals surface area contributed by atoms with Gasteiger partial charge >= 0.3 is 6.18 Å². The number of hydrazone groups is 1. The number of hydrogen-bond acceptors (Lipinski definition) is 4. The molecule has 1 aliphatic heterocycles. The minimum atomic E-state index is -4.99. The van der Waals surface area contributed by atoms with Gasteiger partial charge in [-0.3, -0.25) is 9.78 Å². The van der Waals surface area contributed by atoms with E-state index in [-0.39, 0.29) is 22.7 Å². The molecule has 5 nitrogen and oxygen atoms in total. The van der Waals surface area contributed by atoms with Crippen LogP contribution in [0.15, 0.2) is 29.6 Å². The van der Waals surface area contributed by atoms with Crippen LogP contribution in [0, 0.1) is 5.92 Å². The van der Waals surface area contributed by atoms with Crippen molar-refractivity contribution in [1.82, 2.24) is 9.99 Å². The van der Waals surface area contributed by atoms with Crippen LogP contribution in [0.5, 0.6) is 0 Å². The summed E-state index contributed by atoms with van der Waals surface area (Å²) >= 11 is 0. The molecule has 1 aromatic heterocycles. The van der Waals surface area contributed by atoms with Crippen LogP contribution >= 0.6 is 0 Å². The van der Waals surface area contributed by atoms with E-state index in [2.05, 4.69) is 10.1 Å². The van der Waals surface area contributed by atoms with Crippen molar-refractivity contribution in [1.29, 1.82) is 0 Å². The van der Waals surface area contributed by atoms with Crippen molar-refractivity contribution in [3.05, 3.63) is 30.1 Å². The maximum absolute atomic E-state index is 13.6. The van der Waals surface area contributed by atoms with E-state index in [1.165, 1.54) is 18.3 Å². The van der Waals surface area contributed by atoms with Gasteiger partial charge in [0.05, 0.1) is 11.5 Å². The molecule has 0 saturated heterocycles. The molecule has 1 fully saturated rings. The fourth-order valence-electron chi connectivity index (χ4n) is 3.21. The van der Waals surface area contributed by atoms with Gasteiger partial charge in [-0.15, -0.1) is 0 Å². The third-order valence-electron chi connectivity index (χ3n) is 4.38. The molecule has 0 spiro atoms. The van der Waals surface area contributed by atoms with Gasteiger partial charge in [-0.05, 0) is 31.4 Å². The predicted octanol–water partition coefficient (Wildman–Crippen LogP) is 2.72. The summed E-state index contributed by atoms with van der Waals surface area (Å²) in [7, 11) is 0. The molecule has 8 heteroatoms. The van der Waals surface area contributed by atoms with Crippen LogP contribution in [-0.4, -0.2) is 38.6 Å². The van der Waals surface area contributed by atoms with E-state index in [1.807, 2.05) is 0 Å².